The molecular weight excluding hydrogens is 452 g/mol. The zero-order valence-electron chi connectivity index (χ0n) is 19.7. The predicted octanol–water partition coefficient (Wildman–Crippen LogP) is 4.86. The number of rotatable bonds is 7. The van der Waals surface area contributed by atoms with Crippen molar-refractivity contribution in [1.29, 1.82) is 0 Å². The summed E-state index contributed by atoms with van der Waals surface area (Å²) in [6.45, 7) is 3.79. The summed E-state index contributed by atoms with van der Waals surface area (Å²) in [4.78, 5) is 31.5. The van der Waals surface area contributed by atoms with E-state index in [0.717, 1.165) is 22.5 Å². The average molecular weight is 479 g/mol. The molecule has 34 heavy (non-hydrogen) atoms. The lowest BCUT2D eigenvalue weighted by molar-refractivity contribution is -0.117. The Kier molecular flexibility index (Phi) is 6.43. The van der Waals surface area contributed by atoms with Crippen molar-refractivity contribution in [3.8, 4) is 22.1 Å². The van der Waals surface area contributed by atoms with Crippen LogP contribution in [0.1, 0.15) is 29.9 Å². The molecule has 3 aromatic rings. The van der Waals surface area contributed by atoms with Crippen LogP contribution in [0, 0.1) is 0 Å². The molecule has 7 nitrogen and oxygen atoms in total. The third-order valence-electron chi connectivity index (χ3n) is 5.93. The van der Waals surface area contributed by atoms with Crippen molar-refractivity contribution in [2.75, 3.05) is 32.8 Å². The Labute approximate surface area is 202 Å². The molecule has 0 fully saturated rings. The number of benzene rings is 2. The Balaban J connectivity index is 1.43. The first kappa shape index (κ1) is 23.5. The van der Waals surface area contributed by atoms with Gasteiger partial charge in [0.05, 0.1) is 14.2 Å². The Hall–Kier alpha value is -3.65. The van der Waals surface area contributed by atoms with Gasteiger partial charge in [-0.05, 0) is 29.8 Å². The van der Waals surface area contributed by atoms with E-state index in [1.54, 1.807) is 37.8 Å². The summed E-state index contributed by atoms with van der Waals surface area (Å²) in [5.74, 6) is 0.248. The fourth-order valence-electron chi connectivity index (χ4n) is 4.13. The first-order valence-electron chi connectivity index (χ1n) is 10.7. The number of nitrogens with zero attached hydrogens (tertiary/aromatic N) is 2. The number of fused-ring (bicyclic) bond motifs is 1. The van der Waals surface area contributed by atoms with E-state index in [1.165, 1.54) is 11.3 Å². The number of likely N-dealkylation sites (N-methyl/N-ethyl adjacent to an activating group) is 1. The van der Waals surface area contributed by atoms with Gasteiger partial charge in [0, 0.05) is 40.9 Å². The quantitative estimate of drug-likeness (QED) is 0.354. The summed E-state index contributed by atoms with van der Waals surface area (Å²) in [7, 11) is 5.06. The third-order valence-corrected chi connectivity index (χ3v) is 6.82. The second-order valence-electron chi connectivity index (χ2n) is 8.38. The molecule has 1 aliphatic rings. The summed E-state index contributed by atoms with van der Waals surface area (Å²) in [6.07, 6.45) is 1.56. The van der Waals surface area contributed by atoms with Crippen LogP contribution in [0.3, 0.4) is 0 Å². The summed E-state index contributed by atoms with van der Waals surface area (Å²) >= 11 is 1.31. The molecule has 2 aromatic carbocycles. The fourth-order valence-corrected chi connectivity index (χ4v) is 4.92. The number of para-hydroxylation sites is 1. The van der Waals surface area contributed by atoms with Crippen LogP contribution in [0.5, 0.6) is 11.5 Å². The van der Waals surface area contributed by atoms with E-state index in [4.69, 9.17) is 14.2 Å². The zero-order valence-corrected chi connectivity index (χ0v) is 20.6. The first-order chi connectivity index (χ1) is 16.3. The Morgan fingerprint density at radius 3 is 2.53 bits per heavy atom. The van der Waals surface area contributed by atoms with Gasteiger partial charge in [0.2, 0.25) is 0 Å². The van der Waals surface area contributed by atoms with Crippen molar-refractivity contribution in [2.24, 2.45) is 0 Å². The predicted molar refractivity (Wildman–Crippen MR) is 132 cm³/mol. The number of esters is 1. The lowest BCUT2D eigenvalue weighted by atomic mass is 9.83. The van der Waals surface area contributed by atoms with E-state index in [1.807, 2.05) is 36.2 Å². The number of ether oxygens (including phenoxy) is 3. The van der Waals surface area contributed by atoms with Gasteiger partial charge in [0.15, 0.2) is 29.6 Å². The van der Waals surface area contributed by atoms with Crippen molar-refractivity contribution in [3.05, 3.63) is 70.9 Å². The number of allylic oxidation sites excluding steroid dienone is 1. The molecule has 1 aliphatic heterocycles. The molecule has 0 saturated heterocycles. The molecular formula is C26H26N2O5S. The molecule has 4 rings (SSSR count). The summed E-state index contributed by atoms with van der Waals surface area (Å²) in [6, 6.07) is 13.5. The van der Waals surface area contributed by atoms with Gasteiger partial charge in [0.25, 0.3) is 0 Å². The van der Waals surface area contributed by atoms with Gasteiger partial charge >= 0.3 is 5.97 Å². The van der Waals surface area contributed by atoms with Crippen molar-refractivity contribution in [3.63, 3.8) is 0 Å². The number of carbonyl (C=O) groups excluding carboxylic acids is 2. The molecule has 0 unspecified atom stereocenters. The van der Waals surface area contributed by atoms with Crippen LogP contribution in [0.4, 0.5) is 5.69 Å². The molecule has 1 aromatic heterocycles. The van der Waals surface area contributed by atoms with E-state index in [0.29, 0.717) is 16.5 Å². The van der Waals surface area contributed by atoms with E-state index in [9.17, 15) is 9.59 Å². The number of anilines is 1. The number of aromatic nitrogens is 1. The lowest BCUT2D eigenvalue weighted by Crippen LogP contribution is -2.25. The maximum atomic E-state index is 12.7. The van der Waals surface area contributed by atoms with Crippen LogP contribution in [0.25, 0.3) is 10.6 Å². The van der Waals surface area contributed by atoms with Gasteiger partial charge in [-0.3, -0.25) is 4.79 Å². The summed E-state index contributed by atoms with van der Waals surface area (Å²) < 4.78 is 15.8. The van der Waals surface area contributed by atoms with Crippen LogP contribution in [-0.4, -0.2) is 44.6 Å². The van der Waals surface area contributed by atoms with E-state index in [2.05, 4.69) is 24.9 Å². The van der Waals surface area contributed by atoms with E-state index < -0.39 is 5.97 Å². The second-order valence-corrected chi connectivity index (χ2v) is 9.24. The van der Waals surface area contributed by atoms with Crippen LogP contribution in [0.2, 0.25) is 0 Å². The first-order valence-corrected chi connectivity index (χ1v) is 11.6. The van der Waals surface area contributed by atoms with Gasteiger partial charge in [-0.2, -0.15) is 0 Å². The zero-order chi connectivity index (χ0) is 24.5. The highest BCUT2D eigenvalue weighted by Crippen LogP contribution is 2.46. The van der Waals surface area contributed by atoms with Gasteiger partial charge in [-0.25, -0.2) is 9.78 Å². The van der Waals surface area contributed by atoms with E-state index >= 15 is 0 Å². The second kappa shape index (κ2) is 9.30. The molecule has 2 heterocycles. The van der Waals surface area contributed by atoms with Crippen LogP contribution >= 0.6 is 11.3 Å². The number of hydrogen-bond acceptors (Lipinski definition) is 8. The minimum absolute atomic E-state index is 0.154. The largest absolute Gasteiger partial charge is 0.493 e. The Morgan fingerprint density at radius 2 is 1.82 bits per heavy atom. The van der Waals surface area contributed by atoms with Crippen molar-refractivity contribution in [2.45, 2.75) is 19.3 Å². The number of methoxy groups -OCH3 is 2. The molecule has 0 bridgehead atoms. The van der Waals surface area contributed by atoms with Crippen LogP contribution in [0.15, 0.2) is 59.6 Å². The molecule has 0 N–H and O–H groups in total. The Bertz CT molecular complexity index is 1280. The summed E-state index contributed by atoms with van der Waals surface area (Å²) in [5.41, 5.74) is 3.69. The molecule has 0 aliphatic carbocycles. The maximum absolute atomic E-state index is 12.7. The van der Waals surface area contributed by atoms with Gasteiger partial charge in [-0.15, -0.1) is 11.3 Å². The highest BCUT2D eigenvalue weighted by Gasteiger charge is 2.38. The van der Waals surface area contributed by atoms with Gasteiger partial charge in [0.1, 0.15) is 5.01 Å². The van der Waals surface area contributed by atoms with Crippen molar-refractivity contribution >= 4 is 28.8 Å². The molecule has 0 amide bonds. The number of hydrogen-bond donors (Lipinski definition) is 0. The highest BCUT2D eigenvalue weighted by atomic mass is 32.1. The normalized spacial score (nSPS) is 15.2. The Morgan fingerprint density at radius 1 is 1.09 bits per heavy atom. The third kappa shape index (κ3) is 4.28. The minimum Gasteiger partial charge on any atom is -0.493 e. The van der Waals surface area contributed by atoms with E-state index in [-0.39, 0.29) is 23.5 Å². The van der Waals surface area contributed by atoms with Crippen molar-refractivity contribution < 1.29 is 23.8 Å². The number of ketones is 1. The fraction of sp³-hybridized carbons (Fsp3) is 0.269. The molecule has 176 valence electrons. The SMILES string of the molecule is COc1ccc(-c2nc(C(=O)OCC(=O)/C=C3\N(C)c4ccccc4C3(C)C)cs2)cc1OC. The minimum atomic E-state index is -0.642. The van der Waals surface area contributed by atoms with Gasteiger partial charge in [-0.1, -0.05) is 32.0 Å². The molecule has 0 atom stereocenters. The summed E-state index contributed by atoms with van der Waals surface area (Å²) in [5, 5.41) is 2.25. The number of thiazole rings is 1. The van der Waals surface area contributed by atoms with Crippen LogP contribution < -0.4 is 14.4 Å². The standard InChI is InChI=1S/C26H26N2O5S/c1-26(2)18-8-6-7-9-20(18)28(3)23(26)13-17(29)14-33-25(30)19-15-34-24(27-19)16-10-11-21(31-4)22(12-16)32-5/h6-13,15H,14H2,1-5H3/b23-13-. The molecule has 8 heteroatoms. The topological polar surface area (TPSA) is 78.0 Å². The average Bonchev–Trinajstić information content (AvgIpc) is 3.41. The molecule has 0 saturated carbocycles. The van der Waals surface area contributed by atoms with Crippen molar-refractivity contribution in [1.82, 2.24) is 4.98 Å². The van der Waals surface area contributed by atoms with Crippen LogP contribution in [-0.2, 0) is 14.9 Å². The molecule has 0 spiro atoms. The lowest BCUT2D eigenvalue weighted by Gasteiger charge is -2.23. The monoisotopic (exact) mass is 478 g/mol. The highest BCUT2D eigenvalue weighted by molar-refractivity contribution is 7.13. The maximum Gasteiger partial charge on any atom is 0.358 e. The smallest absolute Gasteiger partial charge is 0.358 e. The van der Waals surface area contributed by atoms with Gasteiger partial charge < -0.3 is 19.1 Å². The molecule has 0 radical (unpaired) electrons. The number of carbonyl (C=O) groups is 2.